The van der Waals surface area contributed by atoms with Gasteiger partial charge in [0.05, 0.1) is 19.5 Å². The first-order valence-electron chi connectivity index (χ1n) is 9.78. The maximum absolute atomic E-state index is 13.1. The molecule has 0 N–H and O–H groups in total. The van der Waals surface area contributed by atoms with Gasteiger partial charge in [-0.3, -0.25) is 9.59 Å². The minimum absolute atomic E-state index is 0.0499. The number of aromatic nitrogens is 1. The van der Waals surface area contributed by atoms with Crippen LogP contribution in [-0.4, -0.2) is 45.3 Å². The van der Waals surface area contributed by atoms with Crippen molar-refractivity contribution >= 4 is 23.2 Å². The lowest BCUT2D eigenvalue weighted by Gasteiger charge is -2.28. The summed E-state index contributed by atoms with van der Waals surface area (Å²) in [5, 5.41) is 1.98. The van der Waals surface area contributed by atoms with Crippen LogP contribution in [-0.2, 0) is 29.6 Å². The Kier molecular flexibility index (Phi) is 6.72. The van der Waals surface area contributed by atoms with E-state index in [2.05, 4.69) is 17.6 Å². The van der Waals surface area contributed by atoms with E-state index in [4.69, 9.17) is 0 Å². The van der Waals surface area contributed by atoms with Gasteiger partial charge in [0.15, 0.2) is 0 Å². The number of hydrogen-bond donors (Lipinski definition) is 0. The van der Waals surface area contributed by atoms with E-state index in [1.807, 2.05) is 41.7 Å². The molecule has 0 bridgehead atoms. The lowest BCUT2D eigenvalue weighted by atomic mass is 10.2. The fraction of sp³-hybridized carbons (Fsp3) is 0.524. The van der Waals surface area contributed by atoms with Crippen molar-refractivity contribution in [3.63, 3.8) is 0 Å². The van der Waals surface area contributed by atoms with Crippen LogP contribution in [0.15, 0.2) is 35.8 Å². The van der Waals surface area contributed by atoms with E-state index in [0.717, 1.165) is 36.3 Å². The molecule has 1 fully saturated rings. The van der Waals surface area contributed by atoms with Gasteiger partial charge in [0.25, 0.3) is 0 Å². The molecule has 2 aromatic rings. The number of carbonyl (C=O) groups is 2. The van der Waals surface area contributed by atoms with Crippen LogP contribution in [0.3, 0.4) is 0 Å². The zero-order chi connectivity index (χ0) is 19.2. The highest BCUT2D eigenvalue weighted by Gasteiger charge is 2.34. The quantitative estimate of drug-likeness (QED) is 0.627. The first kappa shape index (κ1) is 19.7. The second kappa shape index (κ2) is 9.22. The van der Waals surface area contributed by atoms with Crippen LogP contribution in [0.1, 0.15) is 43.2 Å². The van der Waals surface area contributed by atoms with Crippen LogP contribution >= 0.6 is 11.3 Å². The molecule has 0 atom stereocenters. The topological polar surface area (TPSA) is 45.6 Å². The summed E-state index contributed by atoms with van der Waals surface area (Å²) < 4.78 is 2.06. The SMILES string of the molecule is CCCCN(CC(=O)N(Cc1cccn1C)C1CC1)C(=O)Cc1cccs1. The predicted molar refractivity (Wildman–Crippen MR) is 108 cm³/mol. The van der Waals surface area contributed by atoms with E-state index in [0.29, 0.717) is 25.6 Å². The molecule has 6 heteroatoms. The van der Waals surface area contributed by atoms with Gasteiger partial charge in [0.2, 0.25) is 11.8 Å². The van der Waals surface area contributed by atoms with Crippen LogP contribution < -0.4 is 0 Å². The molecule has 146 valence electrons. The summed E-state index contributed by atoms with van der Waals surface area (Å²) in [6.07, 6.45) is 6.44. The van der Waals surface area contributed by atoms with Gasteiger partial charge in [-0.05, 0) is 42.8 Å². The summed E-state index contributed by atoms with van der Waals surface area (Å²) in [5.74, 6) is 0.114. The minimum atomic E-state index is 0.0499. The van der Waals surface area contributed by atoms with Crippen molar-refractivity contribution in [2.45, 2.75) is 51.6 Å². The normalized spacial score (nSPS) is 13.6. The van der Waals surface area contributed by atoms with Crippen molar-refractivity contribution in [3.8, 4) is 0 Å². The van der Waals surface area contributed by atoms with Gasteiger partial charge in [-0.2, -0.15) is 0 Å². The van der Waals surface area contributed by atoms with Crippen molar-refractivity contribution in [1.29, 1.82) is 0 Å². The third kappa shape index (κ3) is 5.45. The summed E-state index contributed by atoms with van der Waals surface area (Å²) in [5.41, 5.74) is 1.13. The zero-order valence-electron chi connectivity index (χ0n) is 16.3. The molecule has 2 aromatic heterocycles. The highest BCUT2D eigenvalue weighted by Crippen LogP contribution is 2.28. The molecule has 1 saturated carbocycles. The highest BCUT2D eigenvalue weighted by atomic mass is 32.1. The molecule has 0 aliphatic heterocycles. The number of thiophene rings is 1. The Morgan fingerprint density at radius 1 is 1.22 bits per heavy atom. The first-order chi connectivity index (χ1) is 13.1. The molecule has 0 radical (unpaired) electrons. The zero-order valence-corrected chi connectivity index (χ0v) is 17.1. The summed E-state index contributed by atoms with van der Waals surface area (Å²) in [4.78, 5) is 30.6. The maximum Gasteiger partial charge on any atom is 0.242 e. The second-order valence-electron chi connectivity index (χ2n) is 7.29. The van der Waals surface area contributed by atoms with Gasteiger partial charge in [-0.1, -0.05) is 19.4 Å². The number of rotatable bonds is 10. The molecular weight excluding hydrogens is 358 g/mol. The fourth-order valence-electron chi connectivity index (χ4n) is 3.21. The van der Waals surface area contributed by atoms with Gasteiger partial charge in [-0.15, -0.1) is 11.3 Å². The highest BCUT2D eigenvalue weighted by molar-refractivity contribution is 7.10. The average molecular weight is 388 g/mol. The van der Waals surface area contributed by atoms with E-state index >= 15 is 0 Å². The molecule has 0 unspecified atom stereocenters. The Labute approximate surface area is 165 Å². The van der Waals surface area contributed by atoms with Gasteiger partial charge >= 0.3 is 0 Å². The minimum Gasteiger partial charge on any atom is -0.353 e. The third-order valence-electron chi connectivity index (χ3n) is 5.06. The number of aryl methyl sites for hydroxylation is 1. The number of unbranched alkanes of at least 4 members (excludes halogenated alkanes) is 1. The van der Waals surface area contributed by atoms with Crippen LogP contribution in [0.4, 0.5) is 0 Å². The van der Waals surface area contributed by atoms with Crippen molar-refractivity contribution < 1.29 is 9.59 Å². The molecule has 1 aliphatic carbocycles. The number of nitrogens with zero attached hydrogens (tertiary/aromatic N) is 3. The van der Waals surface area contributed by atoms with Gasteiger partial charge < -0.3 is 14.4 Å². The Hall–Kier alpha value is -2.08. The molecule has 27 heavy (non-hydrogen) atoms. The summed E-state index contributed by atoms with van der Waals surface area (Å²) in [6.45, 7) is 3.56. The van der Waals surface area contributed by atoms with Crippen LogP contribution in [0.2, 0.25) is 0 Å². The lowest BCUT2D eigenvalue weighted by Crippen LogP contribution is -2.44. The number of amides is 2. The molecule has 1 aliphatic rings. The monoisotopic (exact) mass is 387 g/mol. The van der Waals surface area contributed by atoms with E-state index in [9.17, 15) is 9.59 Å². The average Bonchev–Trinajstić information content (AvgIpc) is 3.21. The van der Waals surface area contributed by atoms with E-state index < -0.39 is 0 Å². The molecule has 5 nitrogen and oxygen atoms in total. The van der Waals surface area contributed by atoms with Crippen molar-refractivity contribution in [3.05, 3.63) is 46.4 Å². The Bertz CT molecular complexity index is 749. The van der Waals surface area contributed by atoms with E-state index in [1.165, 1.54) is 0 Å². The van der Waals surface area contributed by atoms with Crippen molar-refractivity contribution in [2.24, 2.45) is 7.05 Å². The van der Waals surface area contributed by atoms with Gasteiger partial charge in [0, 0.05) is 36.4 Å². The van der Waals surface area contributed by atoms with E-state index in [1.54, 1.807) is 16.2 Å². The summed E-state index contributed by atoms with van der Waals surface area (Å²) in [7, 11) is 2.00. The summed E-state index contributed by atoms with van der Waals surface area (Å²) in [6, 6.07) is 8.33. The molecule has 2 amide bonds. The molecule has 2 heterocycles. The second-order valence-corrected chi connectivity index (χ2v) is 8.32. The largest absolute Gasteiger partial charge is 0.353 e. The fourth-order valence-corrected chi connectivity index (χ4v) is 3.91. The maximum atomic E-state index is 13.1. The Morgan fingerprint density at radius 2 is 2.04 bits per heavy atom. The Morgan fingerprint density at radius 3 is 2.63 bits per heavy atom. The molecule has 0 aromatic carbocycles. The first-order valence-corrected chi connectivity index (χ1v) is 10.7. The van der Waals surface area contributed by atoms with Crippen LogP contribution in [0.25, 0.3) is 0 Å². The molecule has 3 rings (SSSR count). The van der Waals surface area contributed by atoms with E-state index in [-0.39, 0.29) is 18.4 Å². The molecule has 0 saturated heterocycles. The molecule has 0 spiro atoms. The third-order valence-corrected chi connectivity index (χ3v) is 5.93. The summed E-state index contributed by atoms with van der Waals surface area (Å²) >= 11 is 1.59. The number of carbonyl (C=O) groups excluding carboxylic acids is 2. The van der Waals surface area contributed by atoms with Gasteiger partial charge in [0.1, 0.15) is 0 Å². The predicted octanol–water partition coefficient (Wildman–Crippen LogP) is 3.45. The van der Waals surface area contributed by atoms with Crippen molar-refractivity contribution in [2.75, 3.05) is 13.1 Å². The number of hydrogen-bond acceptors (Lipinski definition) is 3. The van der Waals surface area contributed by atoms with Crippen LogP contribution in [0.5, 0.6) is 0 Å². The molecular formula is C21H29N3O2S. The Balaban J connectivity index is 1.65. The lowest BCUT2D eigenvalue weighted by molar-refractivity contribution is -0.141. The van der Waals surface area contributed by atoms with Crippen molar-refractivity contribution in [1.82, 2.24) is 14.4 Å². The van der Waals surface area contributed by atoms with Crippen LogP contribution in [0, 0.1) is 0 Å². The smallest absolute Gasteiger partial charge is 0.242 e. The standard InChI is InChI=1S/C21H29N3O2S/c1-3-4-12-23(20(25)14-19-8-6-13-27-19)16-21(26)24(17-9-10-17)15-18-7-5-11-22(18)2/h5-8,11,13,17H,3-4,9-10,12,14-16H2,1-2H3. The van der Waals surface area contributed by atoms with Gasteiger partial charge in [-0.25, -0.2) is 0 Å².